The molecule has 1 unspecified atom stereocenters. The van der Waals surface area contributed by atoms with Gasteiger partial charge in [0.15, 0.2) is 0 Å². The van der Waals surface area contributed by atoms with Crippen LogP contribution >= 0.6 is 0 Å². The van der Waals surface area contributed by atoms with E-state index in [0.717, 1.165) is 0 Å². The van der Waals surface area contributed by atoms with Gasteiger partial charge in [0.1, 0.15) is 0 Å². The summed E-state index contributed by atoms with van der Waals surface area (Å²) in [5, 5.41) is 2.49. The molecule has 0 aromatic rings. The van der Waals surface area contributed by atoms with Crippen molar-refractivity contribution in [2.24, 2.45) is 0 Å². The fourth-order valence-electron chi connectivity index (χ4n) is 0.465. The molecule has 0 aliphatic heterocycles. The summed E-state index contributed by atoms with van der Waals surface area (Å²) in [4.78, 5) is 10.8. The minimum Gasteiger partial charge on any atom is -0.351 e. The van der Waals surface area contributed by atoms with Crippen molar-refractivity contribution in [3.8, 4) is 0 Å². The highest BCUT2D eigenvalue weighted by Gasteiger charge is 1.99. The molecule has 0 aromatic heterocycles. The van der Waals surface area contributed by atoms with Crippen molar-refractivity contribution >= 4 is 17.2 Å². The van der Waals surface area contributed by atoms with Crippen molar-refractivity contribution in [1.29, 1.82) is 0 Å². The van der Waals surface area contributed by atoms with Gasteiger partial charge in [0, 0.05) is 18.7 Å². The fourth-order valence-corrected chi connectivity index (χ4v) is 0.742. The van der Waals surface area contributed by atoms with Crippen LogP contribution in [0.25, 0.3) is 0 Å². The molecule has 1 atom stereocenters. The number of carbonyl (C=O) groups is 1. The van der Waals surface area contributed by atoms with Crippen LogP contribution in [0.2, 0.25) is 0 Å². The molecule has 0 aromatic carbocycles. The Morgan fingerprint density at radius 2 is 2.17 bits per heavy atom. The third-order valence-corrected chi connectivity index (χ3v) is 1.47. The molecule has 0 aliphatic carbocycles. The quantitative estimate of drug-likeness (QED) is 0.309. The summed E-state index contributed by atoms with van der Waals surface area (Å²) < 4.78 is 20.5. The summed E-state index contributed by atoms with van der Waals surface area (Å²) >= 11 is -2.01. The van der Waals surface area contributed by atoms with Gasteiger partial charge in [-0.2, -0.15) is 0 Å². The molecule has 0 heterocycles. The van der Waals surface area contributed by atoms with E-state index in [1.807, 2.05) is 0 Å². The van der Waals surface area contributed by atoms with E-state index in [1.54, 1.807) is 6.92 Å². The van der Waals surface area contributed by atoms with Crippen molar-refractivity contribution in [3.63, 3.8) is 0 Å². The predicted octanol–water partition coefficient (Wildman–Crippen LogP) is -0.595. The first kappa shape index (κ1) is 11.3. The number of carbonyl (C=O) groups excluding carboxylic acids is 1. The largest absolute Gasteiger partial charge is 0.351 e. The monoisotopic (exact) mass is 192 g/mol. The Labute approximate surface area is 73.6 Å². The molecule has 0 spiro atoms. The van der Waals surface area contributed by atoms with Crippen LogP contribution in [-0.4, -0.2) is 27.8 Å². The molecule has 1 amide bonds. The normalized spacial score (nSPS) is 12.2. The summed E-state index contributed by atoms with van der Waals surface area (Å²) in [5.41, 5.74) is 0.417. The smallest absolute Gasteiger partial charge is 0.246 e. The molecule has 0 saturated heterocycles. The molecule has 3 N–H and O–H groups in total. The van der Waals surface area contributed by atoms with Gasteiger partial charge in [-0.3, -0.25) is 9.35 Å². The highest BCUT2D eigenvalue weighted by molar-refractivity contribution is 7.77. The van der Waals surface area contributed by atoms with Gasteiger partial charge >= 0.3 is 0 Å². The second-order valence-electron chi connectivity index (χ2n) is 2.18. The fraction of sp³-hybridized carbons (Fsp3) is 0.500. The van der Waals surface area contributed by atoms with Gasteiger partial charge in [0.2, 0.25) is 17.2 Å². The summed E-state index contributed by atoms with van der Waals surface area (Å²) in [6.45, 7) is 5.57. The van der Waals surface area contributed by atoms with Crippen LogP contribution in [-0.2, 0) is 16.1 Å². The van der Waals surface area contributed by atoms with Gasteiger partial charge in [-0.15, -0.1) is 0 Å². The van der Waals surface area contributed by atoms with Gasteiger partial charge in [0.25, 0.3) is 0 Å². The van der Waals surface area contributed by atoms with E-state index in [-0.39, 0.29) is 12.5 Å². The molecule has 0 bridgehead atoms. The number of rotatable bonds is 5. The number of hydrogen-bond donors (Lipinski definition) is 3. The third kappa shape index (κ3) is 6.02. The summed E-state index contributed by atoms with van der Waals surface area (Å²) in [7, 11) is 0. The maximum atomic E-state index is 10.8. The second-order valence-corrected chi connectivity index (χ2v) is 2.97. The molecule has 70 valence electrons. The van der Waals surface area contributed by atoms with Crippen LogP contribution in [0.15, 0.2) is 12.2 Å². The van der Waals surface area contributed by atoms with Crippen LogP contribution in [0.3, 0.4) is 0 Å². The summed E-state index contributed by atoms with van der Waals surface area (Å²) in [5.74, 6) is -0.250. The van der Waals surface area contributed by atoms with Gasteiger partial charge < -0.3 is 5.32 Å². The molecule has 12 heavy (non-hydrogen) atoms. The number of nitrogens with one attached hydrogen (secondary N) is 2. The van der Waals surface area contributed by atoms with Gasteiger partial charge in [-0.1, -0.05) is 6.58 Å². The molecule has 0 saturated carbocycles. The zero-order chi connectivity index (χ0) is 9.56. The SMILES string of the molecule is C=C(C)C(=O)NCCNS(=O)O. The van der Waals surface area contributed by atoms with Crippen molar-refractivity contribution < 1.29 is 13.6 Å². The molecular formula is C6H12N2O3S. The summed E-state index contributed by atoms with van der Waals surface area (Å²) in [6, 6.07) is 0. The van der Waals surface area contributed by atoms with E-state index < -0.39 is 11.3 Å². The average molecular weight is 192 g/mol. The maximum Gasteiger partial charge on any atom is 0.246 e. The second kappa shape index (κ2) is 5.87. The van der Waals surface area contributed by atoms with E-state index in [1.165, 1.54) is 0 Å². The zero-order valence-electron chi connectivity index (χ0n) is 6.79. The molecule has 6 heteroatoms. The van der Waals surface area contributed by atoms with Crippen LogP contribution in [0.1, 0.15) is 6.92 Å². The van der Waals surface area contributed by atoms with Crippen molar-refractivity contribution in [1.82, 2.24) is 10.0 Å². The van der Waals surface area contributed by atoms with Crippen LogP contribution in [0.4, 0.5) is 0 Å². The lowest BCUT2D eigenvalue weighted by Gasteiger charge is -2.03. The van der Waals surface area contributed by atoms with E-state index in [0.29, 0.717) is 12.1 Å². The Hall–Kier alpha value is -0.720. The lowest BCUT2D eigenvalue weighted by atomic mass is 10.3. The van der Waals surface area contributed by atoms with Crippen molar-refractivity contribution in [2.45, 2.75) is 6.92 Å². The van der Waals surface area contributed by atoms with Crippen LogP contribution in [0.5, 0.6) is 0 Å². The minimum atomic E-state index is -2.01. The van der Waals surface area contributed by atoms with Gasteiger partial charge in [-0.05, 0) is 6.92 Å². The van der Waals surface area contributed by atoms with Gasteiger partial charge in [-0.25, -0.2) is 8.93 Å². The van der Waals surface area contributed by atoms with E-state index in [9.17, 15) is 9.00 Å². The summed E-state index contributed by atoms with van der Waals surface area (Å²) in [6.07, 6.45) is 0. The Balaban J connectivity index is 3.38. The number of amides is 1. The highest BCUT2D eigenvalue weighted by Crippen LogP contribution is 1.83. The standard InChI is InChI=1S/C6H12N2O3S/c1-5(2)6(9)7-3-4-8-12(10)11/h8H,1,3-4H2,2H3,(H,7,9)(H,10,11). The Kier molecular flexibility index (Phi) is 5.52. The Morgan fingerprint density at radius 1 is 1.58 bits per heavy atom. The highest BCUT2D eigenvalue weighted by atomic mass is 32.2. The van der Waals surface area contributed by atoms with Crippen LogP contribution in [0, 0.1) is 0 Å². The molecule has 5 nitrogen and oxygen atoms in total. The van der Waals surface area contributed by atoms with E-state index in [2.05, 4.69) is 16.6 Å². The number of hydrogen-bond acceptors (Lipinski definition) is 2. The minimum absolute atomic E-state index is 0.250. The molecule has 0 fully saturated rings. The maximum absolute atomic E-state index is 10.8. The van der Waals surface area contributed by atoms with E-state index >= 15 is 0 Å². The van der Waals surface area contributed by atoms with Crippen LogP contribution < -0.4 is 10.0 Å². The molecule has 0 radical (unpaired) electrons. The lowest BCUT2D eigenvalue weighted by molar-refractivity contribution is -0.117. The predicted molar refractivity (Wildman–Crippen MR) is 46.6 cm³/mol. The van der Waals surface area contributed by atoms with Gasteiger partial charge in [0.05, 0.1) is 0 Å². The zero-order valence-corrected chi connectivity index (χ0v) is 7.61. The molecule has 0 aliphatic rings. The molecule has 0 rings (SSSR count). The Bertz CT molecular complexity index is 205. The first-order valence-corrected chi connectivity index (χ1v) is 4.42. The first-order valence-electron chi connectivity index (χ1n) is 3.32. The Morgan fingerprint density at radius 3 is 2.58 bits per heavy atom. The van der Waals surface area contributed by atoms with Crippen molar-refractivity contribution in [3.05, 3.63) is 12.2 Å². The topological polar surface area (TPSA) is 78.4 Å². The first-order chi connectivity index (χ1) is 5.54. The average Bonchev–Trinajstić information content (AvgIpc) is 1.97. The third-order valence-electron chi connectivity index (χ3n) is 1.02. The lowest BCUT2D eigenvalue weighted by Crippen LogP contribution is -2.32. The van der Waals surface area contributed by atoms with E-state index in [4.69, 9.17) is 4.55 Å². The van der Waals surface area contributed by atoms with Crippen molar-refractivity contribution in [2.75, 3.05) is 13.1 Å². The molecular weight excluding hydrogens is 180 g/mol.